The number of hydrogen-bond acceptors (Lipinski definition) is 7. The minimum Gasteiger partial charge on any atom is -0.497 e. The van der Waals surface area contributed by atoms with Gasteiger partial charge in [0.2, 0.25) is 0 Å². The minimum atomic E-state index is -0.582. The van der Waals surface area contributed by atoms with Gasteiger partial charge in [-0.2, -0.15) is 0 Å². The van der Waals surface area contributed by atoms with Crippen LogP contribution in [0.3, 0.4) is 0 Å². The number of ether oxygens (including phenoxy) is 3. The Morgan fingerprint density at radius 3 is 2.41 bits per heavy atom. The third-order valence-corrected chi connectivity index (χ3v) is 5.58. The Balaban J connectivity index is 2.21. The van der Waals surface area contributed by atoms with Gasteiger partial charge in [-0.25, -0.2) is 9.78 Å². The summed E-state index contributed by atoms with van der Waals surface area (Å²) >= 11 is 1.42. The number of hydrogen-bond donors (Lipinski definition) is 1. The average molecular weight is 414 g/mol. The fourth-order valence-electron chi connectivity index (χ4n) is 2.89. The van der Waals surface area contributed by atoms with Crippen molar-refractivity contribution in [2.24, 2.45) is 0 Å². The molecule has 0 spiro atoms. The van der Waals surface area contributed by atoms with E-state index < -0.39 is 5.97 Å². The molecule has 3 rings (SSSR count). The predicted octanol–water partition coefficient (Wildman–Crippen LogP) is 3.72. The Labute approximate surface area is 172 Å². The molecule has 0 aliphatic rings. The van der Waals surface area contributed by atoms with Crippen molar-refractivity contribution in [2.45, 2.75) is 20.8 Å². The molecule has 0 bridgehead atoms. The molecule has 2 heterocycles. The van der Waals surface area contributed by atoms with E-state index in [1.165, 1.54) is 11.3 Å². The number of benzene rings is 1. The maximum Gasteiger partial charge on any atom is 0.341 e. The minimum absolute atomic E-state index is 0.143. The number of esters is 1. The van der Waals surface area contributed by atoms with Gasteiger partial charge in [0.1, 0.15) is 27.7 Å². The Bertz CT molecular complexity index is 1140. The van der Waals surface area contributed by atoms with Gasteiger partial charge in [-0.3, -0.25) is 4.79 Å². The molecular formula is C21H22N2O5S. The van der Waals surface area contributed by atoms with Crippen molar-refractivity contribution >= 4 is 39.2 Å². The summed E-state index contributed by atoms with van der Waals surface area (Å²) in [6.07, 6.45) is 1.60. The highest BCUT2D eigenvalue weighted by molar-refractivity contribution is 7.18. The van der Waals surface area contributed by atoms with Crippen molar-refractivity contribution in [2.75, 3.05) is 20.8 Å². The summed E-state index contributed by atoms with van der Waals surface area (Å²) in [5.41, 5.74) is 1.39. The van der Waals surface area contributed by atoms with E-state index in [-0.39, 0.29) is 23.6 Å². The lowest BCUT2D eigenvalue weighted by Crippen LogP contribution is -2.15. The second-order valence-electron chi connectivity index (χ2n) is 6.30. The number of nitrogens with one attached hydrogen (secondary N) is 1. The largest absolute Gasteiger partial charge is 0.497 e. The van der Waals surface area contributed by atoms with Crippen molar-refractivity contribution < 1.29 is 19.0 Å². The lowest BCUT2D eigenvalue weighted by Gasteiger charge is -2.09. The first kappa shape index (κ1) is 20.6. The maximum absolute atomic E-state index is 12.7. The van der Waals surface area contributed by atoms with E-state index >= 15 is 0 Å². The molecule has 7 nitrogen and oxygen atoms in total. The number of thiophene rings is 1. The van der Waals surface area contributed by atoms with Crippen LogP contribution < -0.4 is 15.0 Å². The van der Waals surface area contributed by atoms with Crippen LogP contribution in [0.25, 0.3) is 21.9 Å². The lowest BCUT2D eigenvalue weighted by atomic mass is 10.1. The van der Waals surface area contributed by atoms with Gasteiger partial charge in [0.25, 0.3) is 5.56 Å². The van der Waals surface area contributed by atoms with Gasteiger partial charge in [0.05, 0.1) is 26.2 Å². The van der Waals surface area contributed by atoms with Crippen molar-refractivity contribution in [1.82, 2.24) is 9.97 Å². The van der Waals surface area contributed by atoms with Crippen LogP contribution in [0.4, 0.5) is 0 Å². The van der Waals surface area contributed by atoms with E-state index in [2.05, 4.69) is 9.97 Å². The zero-order chi connectivity index (χ0) is 21.1. The van der Waals surface area contributed by atoms with Crippen LogP contribution in [0, 0.1) is 13.8 Å². The van der Waals surface area contributed by atoms with Gasteiger partial charge >= 0.3 is 5.97 Å². The number of nitrogens with zero attached hydrogens (tertiary/aromatic N) is 1. The number of methoxy groups -OCH3 is 2. The molecule has 0 atom stereocenters. The summed E-state index contributed by atoms with van der Waals surface area (Å²) in [4.78, 5) is 34.2. The molecule has 2 aromatic heterocycles. The molecule has 0 aliphatic heterocycles. The zero-order valence-electron chi connectivity index (χ0n) is 16.9. The standard InChI is InChI=1S/C21H22N2O5S/c1-6-28-21(25)16(9-13-7-14(26-4)10-15(8-13)27-5)18-22-19(24)17-11(2)12(3)29-20(17)23-18/h7-10H,6H2,1-5H3,(H,22,23,24)/b16-9-. The number of rotatable bonds is 6. The monoisotopic (exact) mass is 414 g/mol. The van der Waals surface area contributed by atoms with E-state index in [0.717, 1.165) is 10.4 Å². The number of aryl methyl sites for hydroxylation is 2. The molecule has 0 saturated heterocycles. The summed E-state index contributed by atoms with van der Waals surface area (Å²) in [5.74, 6) is 0.714. The molecule has 3 aromatic rings. The van der Waals surface area contributed by atoms with Crippen molar-refractivity contribution in [3.05, 3.63) is 50.4 Å². The highest BCUT2D eigenvalue weighted by Gasteiger charge is 2.20. The Morgan fingerprint density at radius 2 is 1.83 bits per heavy atom. The first-order valence-corrected chi connectivity index (χ1v) is 9.81. The predicted molar refractivity (Wildman–Crippen MR) is 114 cm³/mol. The van der Waals surface area contributed by atoms with Crippen molar-refractivity contribution in [1.29, 1.82) is 0 Å². The summed E-state index contributed by atoms with van der Waals surface area (Å²) in [5, 5.41) is 0.544. The van der Waals surface area contributed by atoms with Crippen LogP contribution in [-0.2, 0) is 9.53 Å². The topological polar surface area (TPSA) is 90.5 Å². The van der Waals surface area contributed by atoms with Crippen molar-refractivity contribution in [3.63, 3.8) is 0 Å². The quantitative estimate of drug-likeness (QED) is 0.488. The van der Waals surface area contributed by atoms with Crippen LogP contribution in [-0.4, -0.2) is 36.8 Å². The van der Waals surface area contributed by atoms with E-state index in [9.17, 15) is 9.59 Å². The van der Waals surface area contributed by atoms with E-state index in [0.29, 0.717) is 27.3 Å². The van der Waals surface area contributed by atoms with E-state index in [1.807, 2.05) is 13.8 Å². The molecule has 0 aliphatic carbocycles. The number of aromatic nitrogens is 2. The molecule has 1 N–H and O–H groups in total. The second kappa shape index (κ2) is 8.48. The number of fused-ring (bicyclic) bond motifs is 1. The molecule has 1 aromatic carbocycles. The van der Waals surface area contributed by atoms with E-state index in [1.54, 1.807) is 45.4 Å². The number of aromatic amines is 1. The third-order valence-electron chi connectivity index (χ3n) is 4.47. The smallest absolute Gasteiger partial charge is 0.341 e. The second-order valence-corrected chi connectivity index (χ2v) is 7.51. The number of carbonyl (C=O) groups excluding carboxylic acids is 1. The summed E-state index contributed by atoms with van der Waals surface area (Å²) in [7, 11) is 3.09. The Hall–Kier alpha value is -3.13. The summed E-state index contributed by atoms with van der Waals surface area (Å²) < 4.78 is 15.8. The number of carbonyl (C=O) groups is 1. The SMILES string of the molecule is CCOC(=O)/C(=C\c1cc(OC)cc(OC)c1)c1nc2sc(C)c(C)c2c(=O)[nH]1. The normalized spacial score (nSPS) is 11.6. The number of H-pyrrole nitrogens is 1. The Kier molecular flexibility index (Phi) is 6.03. The summed E-state index contributed by atoms with van der Waals surface area (Å²) in [6, 6.07) is 5.22. The molecule has 0 radical (unpaired) electrons. The lowest BCUT2D eigenvalue weighted by molar-refractivity contribution is -0.136. The highest BCUT2D eigenvalue weighted by atomic mass is 32.1. The molecular weight excluding hydrogens is 392 g/mol. The van der Waals surface area contributed by atoms with Crippen LogP contribution in [0.15, 0.2) is 23.0 Å². The molecule has 0 saturated carbocycles. The van der Waals surface area contributed by atoms with Gasteiger partial charge in [0, 0.05) is 10.9 Å². The third kappa shape index (κ3) is 4.17. The van der Waals surface area contributed by atoms with Crippen LogP contribution in [0.1, 0.15) is 28.8 Å². The van der Waals surface area contributed by atoms with Gasteiger partial charge in [-0.05, 0) is 50.1 Å². The average Bonchev–Trinajstić information content (AvgIpc) is 2.99. The van der Waals surface area contributed by atoms with Crippen LogP contribution >= 0.6 is 11.3 Å². The van der Waals surface area contributed by atoms with Gasteiger partial charge in [-0.1, -0.05) is 0 Å². The first-order valence-electron chi connectivity index (χ1n) is 9.00. The molecule has 8 heteroatoms. The fraction of sp³-hybridized carbons (Fsp3) is 0.286. The van der Waals surface area contributed by atoms with Crippen molar-refractivity contribution in [3.8, 4) is 11.5 Å². The van der Waals surface area contributed by atoms with Gasteiger partial charge in [-0.15, -0.1) is 11.3 Å². The summed E-state index contributed by atoms with van der Waals surface area (Å²) in [6.45, 7) is 5.73. The maximum atomic E-state index is 12.7. The zero-order valence-corrected chi connectivity index (χ0v) is 17.7. The van der Waals surface area contributed by atoms with E-state index in [4.69, 9.17) is 14.2 Å². The molecule has 0 fully saturated rings. The van der Waals surface area contributed by atoms with Gasteiger partial charge < -0.3 is 19.2 Å². The molecule has 0 unspecified atom stereocenters. The van der Waals surface area contributed by atoms with Crippen LogP contribution in [0.2, 0.25) is 0 Å². The molecule has 0 amide bonds. The first-order chi connectivity index (χ1) is 13.9. The van der Waals surface area contributed by atoms with Crippen LogP contribution in [0.5, 0.6) is 11.5 Å². The molecule has 29 heavy (non-hydrogen) atoms. The Morgan fingerprint density at radius 1 is 1.17 bits per heavy atom. The molecule has 152 valence electrons. The fourth-order valence-corrected chi connectivity index (χ4v) is 3.92. The van der Waals surface area contributed by atoms with Gasteiger partial charge in [0.15, 0.2) is 0 Å². The highest BCUT2D eigenvalue weighted by Crippen LogP contribution is 2.29.